The molecule has 1 N–H and O–H groups in total. The van der Waals surface area contributed by atoms with Crippen molar-refractivity contribution in [1.29, 1.82) is 0 Å². The van der Waals surface area contributed by atoms with Gasteiger partial charge in [0.15, 0.2) is 0 Å². The van der Waals surface area contributed by atoms with E-state index in [1.807, 2.05) is 19.1 Å². The average molecular weight is 273 g/mol. The molecule has 1 atom stereocenters. The number of rotatable bonds is 2. The minimum Gasteiger partial charge on any atom is -0.384 e. The predicted molar refractivity (Wildman–Crippen MR) is 76.5 cm³/mol. The number of aryl methyl sites for hydroxylation is 1. The van der Waals surface area contributed by atoms with Crippen LogP contribution in [0.5, 0.6) is 0 Å². The lowest BCUT2D eigenvalue weighted by Crippen LogP contribution is -2.37. The Kier molecular flexibility index (Phi) is 4.78. The van der Waals surface area contributed by atoms with Crippen LogP contribution in [0.2, 0.25) is 0 Å². The van der Waals surface area contributed by atoms with Gasteiger partial charge in [-0.2, -0.15) is 0 Å². The zero-order valence-corrected chi connectivity index (χ0v) is 11.8. The van der Waals surface area contributed by atoms with Crippen LogP contribution in [-0.4, -0.2) is 48.8 Å². The number of benzene rings is 1. The van der Waals surface area contributed by atoms with Gasteiger partial charge in [-0.25, -0.2) is 0 Å². The number of aliphatic hydroxyl groups excluding tert-OH is 1. The quantitative estimate of drug-likeness (QED) is 0.824. The summed E-state index contributed by atoms with van der Waals surface area (Å²) in [4.78, 5) is 14.3. The number of hydrogen-bond donors (Lipinski definition) is 1. The topological polar surface area (TPSA) is 49.8 Å². The molecular weight excluding hydrogens is 254 g/mol. The number of hydrogen-bond acceptors (Lipinski definition) is 3. The van der Waals surface area contributed by atoms with E-state index in [4.69, 9.17) is 9.84 Å². The van der Waals surface area contributed by atoms with Crippen LogP contribution in [0.1, 0.15) is 27.9 Å². The van der Waals surface area contributed by atoms with Gasteiger partial charge in [0, 0.05) is 19.2 Å². The number of amides is 1. The second kappa shape index (κ2) is 6.56. The summed E-state index contributed by atoms with van der Waals surface area (Å²) >= 11 is 0. The summed E-state index contributed by atoms with van der Waals surface area (Å²) < 4.78 is 5.32. The highest BCUT2D eigenvalue weighted by Crippen LogP contribution is 2.17. The van der Waals surface area contributed by atoms with Crippen molar-refractivity contribution >= 4 is 5.91 Å². The molecule has 1 aromatic carbocycles. The van der Waals surface area contributed by atoms with Crippen molar-refractivity contribution in [3.63, 3.8) is 0 Å². The summed E-state index contributed by atoms with van der Waals surface area (Å²) in [7, 11) is 1.80. The summed E-state index contributed by atoms with van der Waals surface area (Å²) in [5.41, 5.74) is 2.27. The van der Waals surface area contributed by atoms with Crippen LogP contribution >= 0.6 is 0 Å². The Morgan fingerprint density at radius 2 is 2.35 bits per heavy atom. The van der Waals surface area contributed by atoms with E-state index >= 15 is 0 Å². The highest BCUT2D eigenvalue weighted by molar-refractivity contribution is 5.97. The summed E-state index contributed by atoms with van der Waals surface area (Å²) in [6.45, 7) is 3.03. The maximum Gasteiger partial charge on any atom is 0.255 e. The molecule has 2 rings (SSSR count). The SMILES string of the molecule is Cc1ccc(C(=O)N(C)C2CCOC2)c(C#CCO)c1. The summed E-state index contributed by atoms with van der Waals surface area (Å²) in [5.74, 6) is 5.40. The van der Waals surface area contributed by atoms with Crippen molar-refractivity contribution in [2.75, 3.05) is 26.9 Å². The Labute approximate surface area is 119 Å². The molecule has 106 valence electrons. The first-order valence-electron chi connectivity index (χ1n) is 6.68. The van der Waals surface area contributed by atoms with Crippen LogP contribution < -0.4 is 0 Å². The standard InChI is InChI=1S/C16H19NO3/c1-12-5-6-15(13(10-12)4-3-8-18)16(19)17(2)14-7-9-20-11-14/h5-6,10,14,18H,7-9,11H2,1-2H3. The van der Waals surface area contributed by atoms with Gasteiger partial charge in [-0.3, -0.25) is 4.79 Å². The van der Waals surface area contributed by atoms with Crippen molar-refractivity contribution in [2.45, 2.75) is 19.4 Å². The summed E-state index contributed by atoms with van der Waals surface area (Å²) in [6, 6.07) is 5.69. The van der Waals surface area contributed by atoms with Crippen molar-refractivity contribution in [1.82, 2.24) is 4.90 Å². The number of ether oxygens (including phenoxy) is 1. The van der Waals surface area contributed by atoms with Gasteiger partial charge < -0.3 is 14.7 Å². The van der Waals surface area contributed by atoms with Crippen LogP contribution in [0.15, 0.2) is 18.2 Å². The van der Waals surface area contributed by atoms with E-state index in [-0.39, 0.29) is 18.6 Å². The van der Waals surface area contributed by atoms with Crippen LogP contribution in [0.3, 0.4) is 0 Å². The van der Waals surface area contributed by atoms with Gasteiger partial charge in [-0.05, 0) is 31.0 Å². The zero-order valence-electron chi connectivity index (χ0n) is 11.8. The van der Waals surface area contributed by atoms with Crippen LogP contribution in [0, 0.1) is 18.8 Å². The molecule has 4 heteroatoms. The number of carbonyl (C=O) groups is 1. The van der Waals surface area contributed by atoms with E-state index < -0.39 is 0 Å². The smallest absolute Gasteiger partial charge is 0.255 e. The molecule has 0 aromatic heterocycles. The van der Waals surface area contributed by atoms with Gasteiger partial charge in [-0.1, -0.05) is 17.9 Å². The summed E-state index contributed by atoms with van der Waals surface area (Å²) in [5, 5.41) is 8.82. The monoisotopic (exact) mass is 273 g/mol. The number of nitrogens with zero attached hydrogens (tertiary/aromatic N) is 1. The molecule has 1 aliphatic rings. The van der Waals surface area contributed by atoms with Crippen molar-refractivity contribution in [3.05, 3.63) is 34.9 Å². The van der Waals surface area contributed by atoms with E-state index in [2.05, 4.69) is 11.8 Å². The fourth-order valence-electron chi connectivity index (χ4n) is 2.27. The summed E-state index contributed by atoms with van der Waals surface area (Å²) in [6.07, 6.45) is 0.867. The molecule has 1 aliphatic heterocycles. The Morgan fingerprint density at radius 3 is 3.00 bits per heavy atom. The molecule has 1 fully saturated rings. The fraction of sp³-hybridized carbons (Fsp3) is 0.438. The first-order valence-corrected chi connectivity index (χ1v) is 6.68. The number of carbonyl (C=O) groups excluding carboxylic acids is 1. The molecular formula is C16H19NO3. The van der Waals surface area contributed by atoms with Crippen LogP contribution in [-0.2, 0) is 4.74 Å². The average Bonchev–Trinajstić information content (AvgIpc) is 2.97. The zero-order chi connectivity index (χ0) is 14.5. The Hall–Kier alpha value is -1.83. The molecule has 1 aromatic rings. The molecule has 0 saturated carbocycles. The van der Waals surface area contributed by atoms with Crippen LogP contribution in [0.25, 0.3) is 0 Å². The number of aliphatic hydroxyl groups is 1. The Morgan fingerprint density at radius 1 is 1.55 bits per heavy atom. The Bertz CT molecular complexity index is 551. The lowest BCUT2D eigenvalue weighted by Gasteiger charge is -2.23. The number of likely N-dealkylation sites (N-methyl/N-ethyl adjacent to an activating group) is 1. The van der Waals surface area contributed by atoms with Crippen molar-refractivity contribution < 1.29 is 14.6 Å². The first kappa shape index (κ1) is 14.6. The minimum absolute atomic E-state index is 0.0530. The second-order valence-corrected chi connectivity index (χ2v) is 4.94. The van der Waals surface area contributed by atoms with Gasteiger partial charge in [0.2, 0.25) is 0 Å². The fourth-order valence-corrected chi connectivity index (χ4v) is 2.27. The largest absolute Gasteiger partial charge is 0.384 e. The molecule has 1 amide bonds. The van der Waals surface area contributed by atoms with E-state index in [0.29, 0.717) is 24.3 Å². The highest BCUT2D eigenvalue weighted by Gasteiger charge is 2.25. The van der Waals surface area contributed by atoms with E-state index in [1.54, 1.807) is 18.0 Å². The van der Waals surface area contributed by atoms with Crippen molar-refractivity contribution in [2.24, 2.45) is 0 Å². The molecule has 0 radical (unpaired) electrons. The lowest BCUT2D eigenvalue weighted by atomic mass is 10.0. The van der Waals surface area contributed by atoms with E-state index in [1.165, 1.54) is 0 Å². The Balaban J connectivity index is 2.28. The molecule has 1 unspecified atom stereocenters. The van der Waals surface area contributed by atoms with Gasteiger partial charge >= 0.3 is 0 Å². The third kappa shape index (κ3) is 3.19. The highest BCUT2D eigenvalue weighted by atomic mass is 16.5. The molecule has 1 heterocycles. The van der Waals surface area contributed by atoms with Gasteiger partial charge in [0.1, 0.15) is 6.61 Å². The molecule has 0 aliphatic carbocycles. The van der Waals surface area contributed by atoms with Crippen LogP contribution in [0.4, 0.5) is 0 Å². The maximum atomic E-state index is 12.6. The maximum absolute atomic E-state index is 12.6. The van der Waals surface area contributed by atoms with Gasteiger partial charge in [0.05, 0.1) is 18.2 Å². The lowest BCUT2D eigenvalue weighted by molar-refractivity contribution is 0.0711. The van der Waals surface area contributed by atoms with Crippen molar-refractivity contribution in [3.8, 4) is 11.8 Å². The molecule has 20 heavy (non-hydrogen) atoms. The van der Waals surface area contributed by atoms with Gasteiger partial charge in [0.25, 0.3) is 5.91 Å². The normalized spacial score (nSPS) is 17.4. The third-order valence-corrected chi connectivity index (χ3v) is 3.48. The van der Waals surface area contributed by atoms with Gasteiger partial charge in [-0.15, -0.1) is 0 Å². The molecule has 4 nitrogen and oxygen atoms in total. The second-order valence-electron chi connectivity index (χ2n) is 4.94. The minimum atomic E-state index is -0.214. The predicted octanol–water partition coefficient (Wildman–Crippen LogP) is 1.20. The molecule has 1 saturated heterocycles. The third-order valence-electron chi connectivity index (χ3n) is 3.48. The van der Waals surface area contributed by atoms with E-state index in [0.717, 1.165) is 12.0 Å². The molecule has 0 bridgehead atoms. The first-order chi connectivity index (χ1) is 9.63. The van der Waals surface area contributed by atoms with E-state index in [9.17, 15) is 4.79 Å². The molecule has 0 spiro atoms.